The quantitative estimate of drug-likeness (QED) is 0.285. The van der Waals surface area contributed by atoms with Crippen LogP contribution in [0.4, 0.5) is 0 Å². The van der Waals surface area contributed by atoms with Gasteiger partial charge in [0.25, 0.3) is 0 Å². The third kappa shape index (κ3) is 9.63. The average Bonchev–Trinajstić information content (AvgIpc) is 3.24. The van der Waals surface area contributed by atoms with Gasteiger partial charge in [-0.2, -0.15) is 0 Å². The molecule has 0 bridgehead atoms. The van der Waals surface area contributed by atoms with E-state index in [0.29, 0.717) is 12.5 Å². The molecular weight excluding hydrogens is 501 g/mol. The van der Waals surface area contributed by atoms with Crippen molar-refractivity contribution in [1.82, 2.24) is 20.4 Å². The Balaban J connectivity index is 0.00000341. The lowest BCUT2D eigenvalue weighted by molar-refractivity contribution is -0.0284. The molecule has 1 aromatic rings. The molecule has 2 saturated heterocycles. The van der Waals surface area contributed by atoms with Gasteiger partial charge in [-0.15, -0.1) is 24.0 Å². The zero-order valence-corrected chi connectivity index (χ0v) is 21.9. The first-order valence-corrected chi connectivity index (χ1v) is 11.8. The Hall–Kier alpha value is -0.900. The summed E-state index contributed by atoms with van der Waals surface area (Å²) in [6, 6.07) is 8.93. The van der Waals surface area contributed by atoms with Gasteiger partial charge in [-0.3, -0.25) is 9.80 Å². The van der Waals surface area contributed by atoms with Gasteiger partial charge in [-0.1, -0.05) is 38.1 Å². The molecule has 1 atom stereocenters. The second-order valence-electron chi connectivity index (χ2n) is 9.02. The number of rotatable bonds is 9. The Kier molecular flexibility index (Phi) is 12.1. The normalized spacial score (nSPS) is 20.6. The van der Waals surface area contributed by atoms with Crippen LogP contribution in [0.3, 0.4) is 0 Å². The lowest BCUT2D eigenvalue weighted by Crippen LogP contribution is -2.50. The topological polar surface area (TPSA) is 52.1 Å². The van der Waals surface area contributed by atoms with E-state index in [2.05, 4.69) is 65.5 Å². The fourth-order valence-electron chi connectivity index (χ4n) is 4.26. The van der Waals surface area contributed by atoms with E-state index in [1.807, 2.05) is 0 Å². The molecule has 0 amide bonds. The van der Waals surface area contributed by atoms with Crippen LogP contribution in [-0.2, 0) is 17.8 Å². The highest BCUT2D eigenvalue weighted by molar-refractivity contribution is 14.0. The summed E-state index contributed by atoms with van der Waals surface area (Å²) in [4.78, 5) is 9.83. The lowest BCUT2D eigenvalue weighted by Gasteiger charge is -2.34. The SMILES string of the molecule is CCNC(=NCc1ccc(CN2CCCC2)cc1)NCC1CN(CC(C)C)CCO1.I. The summed E-state index contributed by atoms with van der Waals surface area (Å²) in [6.45, 7) is 16.5. The van der Waals surface area contributed by atoms with Crippen LogP contribution < -0.4 is 10.6 Å². The Morgan fingerprint density at radius 3 is 2.45 bits per heavy atom. The maximum Gasteiger partial charge on any atom is 0.191 e. The first kappa shape index (κ1) is 26.4. The number of nitrogens with zero attached hydrogens (tertiary/aromatic N) is 3. The fourth-order valence-corrected chi connectivity index (χ4v) is 4.26. The Bertz CT molecular complexity index is 646. The third-order valence-corrected chi connectivity index (χ3v) is 5.74. The number of ether oxygens (including phenoxy) is 1. The summed E-state index contributed by atoms with van der Waals surface area (Å²) in [5.41, 5.74) is 2.64. The van der Waals surface area contributed by atoms with Crippen LogP contribution in [0.25, 0.3) is 0 Å². The Morgan fingerprint density at radius 1 is 1.06 bits per heavy atom. The highest BCUT2D eigenvalue weighted by Gasteiger charge is 2.21. The predicted molar refractivity (Wildman–Crippen MR) is 140 cm³/mol. The van der Waals surface area contributed by atoms with Gasteiger partial charge in [0.15, 0.2) is 5.96 Å². The van der Waals surface area contributed by atoms with Crippen LogP contribution in [-0.4, -0.2) is 74.3 Å². The molecule has 31 heavy (non-hydrogen) atoms. The number of hydrogen-bond donors (Lipinski definition) is 2. The number of benzene rings is 1. The van der Waals surface area contributed by atoms with Gasteiger partial charge in [0.1, 0.15) is 0 Å². The molecule has 0 spiro atoms. The number of guanidine groups is 1. The molecule has 2 heterocycles. The molecule has 6 nitrogen and oxygen atoms in total. The molecular formula is C24H42IN5O. The monoisotopic (exact) mass is 543 g/mol. The molecule has 1 unspecified atom stereocenters. The van der Waals surface area contributed by atoms with E-state index in [1.165, 1.54) is 37.1 Å². The number of nitrogens with one attached hydrogen (secondary N) is 2. The van der Waals surface area contributed by atoms with E-state index < -0.39 is 0 Å². The zero-order chi connectivity index (χ0) is 21.2. The number of likely N-dealkylation sites (tertiary alicyclic amines) is 1. The van der Waals surface area contributed by atoms with Gasteiger partial charge in [0, 0.05) is 39.3 Å². The fraction of sp³-hybridized carbons (Fsp3) is 0.708. The van der Waals surface area contributed by atoms with Gasteiger partial charge in [-0.25, -0.2) is 4.99 Å². The molecule has 2 aliphatic heterocycles. The molecule has 2 N–H and O–H groups in total. The summed E-state index contributed by atoms with van der Waals surface area (Å²) in [6.07, 6.45) is 2.90. The largest absolute Gasteiger partial charge is 0.374 e. The van der Waals surface area contributed by atoms with Crippen molar-refractivity contribution >= 4 is 29.9 Å². The van der Waals surface area contributed by atoms with Crippen LogP contribution in [0.15, 0.2) is 29.3 Å². The highest BCUT2D eigenvalue weighted by atomic mass is 127. The van der Waals surface area contributed by atoms with Crippen LogP contribution in [0.1, 0.15) is 44.7 Å². The number of aliphatic imine (C=N–C) groups is 1. The number of morpholine rings is 1. The first-order valence-electron chi connectivity index (χ1n) is 11.8. The summed E-state index contributed by atoms with van der Waals surface area (Å²) < 4.78 is 5.96. The average molecular weight is 544 g/mol. The Labute approximate surface area is 206 Å². The second kappa shape index (κ2) is 14.3. The molecule has 0 saturated carbocycles. The summed E-state index contributed by atoms with van der Waals surface area (Å²) in [7, 11) is 0. The first-order chi connectivity index (χ1) is 14.6. The maximum absolute atomic E-state index is 5.96. The maximum atomic E-state index is 5.96. The lowest BCUT2D eigenvalue weighted by atomic mass is 10.1. The molecule has 0 aliphatic carbocycles. The van der Waals surface area contributed by atoms with E-state index in [-0.39, 0.29) is 30.1 Å². The molecule has 0 radical (unpaired) electrons. The van der Waals surface area contributed by atoms with Crippen molar-refractivity contribution in [3.63, 3.8) is 0 Å². The summed E-state index contributed by atoms with van der Waals surface area (Å²) in [5, 5.41) is 6.83. The van der Waals surface area contributed by atoms with Gasteiger partial charge in [0.05, 0.1) is 19.3 Å². The van der Waals surface area contributed by atoms with E-state index in [4.69, 9.17) is 9.73 Å². The second-order valence-corrected chi connectivity index (χ2v) is 9.02. The molecule has 2 aliphatic rings. The third-order valence-electron chi connectivity index (χ3n) is 5.74. The van der Waals surface area contributed by atoms with Crippen molar-refractivity contribution in [3.05, 3.63) is 35.4 Å². The minimum Gasteiger partial charge on any atom is -0.374 e. The standard InChI is InChI=1S/C24H41N5O.HI/c1-4-25-24(27-16-23-19-29(13-14-30-23)17-20(2)3)26-15-21-7-9-22(10-8-21)18-28-11-5-6-12-28;/h7-10,20,23H,4-6,11-19H2,1-3H3,(H2,25,26,27);1H. The zero-order valence-electron chi connectivity index (χ0n) is 19.6. The van der Waals surface area contributed by atoms with Crippen LogP contribution in [0, 0.1) is 5.92 Å². The van der Waals surface area contributed by atoms with Crippen molar-refractivity contribution in [2.75, 3.05) is 52.4 Å². The van der Waals surface area contributed by atoms with Crippen molar-refractivity contribution in [3.8, 4) is 0 Å². The molecule has 0 aromatic heterocycles. The van der Waals surface area contributed by atoms with E-state index in [9.17, 15) is 0 Å². The minimum atomic E-state index is 0. The van der Waals surface area contributed by atoms with E-state index in [1.54, 1.807) is 0 Å². The van der Waals surface area contributed by atoms with Gasteiger partial charge in [-0.05, 0) is 49.9 Å². The molecule has 3 rings (SSSR count). The molecule has 2 fully saturated rings. The van der Waals surface area contributed by atoms with Crippen LogP contribution in [0.2, 0.25) is 0 Å². The number of hydrogen-bond acceptors (Lipinski definition) is 4. The predicted octanol–water partition coefficient (Wildman–Crippen LogP) is 3.31. The number of halogens is 1. The highest BCUT2D eigenvalue weighted by Crippen LogP contribution is 2.14. The van der Waals surface area contributed by atoms with E-state index >= 15 is 0 Å². The van der Waals surface area contributed by atoms with E-state index in [0.717, 1.165) is 51.8 Å². The molecule has 176 valence electrons. The molecule has 1 aromatic carbocycles. The van der Waals surface area contributed by atoms with Gasteiger partial charge >= 0.3 is 0 Å². The van der Waals surface area contributed by atoms with Crippen molar-refractivity contribution in [1.29, 1.82) is 0 Å². The van der Waals surface area contributed by atoms with Gasteiger partial charge in [0.2, 0.25) is 0 Å². The minimum absolute atomic E-state index is 0. The molecule has 7 heteroatoms. The smallest absolute Gasteiger partial charge is 0.191 e. The van der Waals surface area contributed by atoms with Gasteiger partial charge < -0.3 is 15.4 Å². The van der Waals surface area contributed by atoms with Crippen molar-refractivity contribution in [2.24, 2.45) is 10.9 Å². The summed E-state index contributed by atoms with van der Waals surface area (Å²) >= 11 is 0. The summed E-state index contributed by atoms with van der Waals surface area (Å²) in [5.74, 6) is 1.56. The Morgan fingerprint density at radius 2 is 1.77 bits per heavy atom. The van der Waals surface area contributed by atoms with Crippen LogP contribution in [0.5, 0.6) is 0 Å². The van der Waals surface area contributed by atoms with Crippen molar-refractivity contribution in [2.45, 2.75) is 52.8 Å². The van der Waals surface area contributed by atoms with Crippen LogP contribution >= 0.6 is 24.0 Å². The van der Waals surface area contributed by atoms with Crippen molar-refractivity contribution < 1.29 is 4.74 Å².